The van der Waals surface area contributed by atoms with Gasteiger partial charge in [0.2, 0.25) is 0 Å². The number of rotatable bonds is 8. The van der Waals surface area contributed by atoms with Gasteiger partial charge in [0.25, 0.3) is 0 Å². The molecule has 2 aromatic carbocycles. The molecular weight excluding hydrogens is 326 g/mol. The van der Waals surface area contributed by atoms with Crippen molar-refractivity contribution in [2.45, 2.75) is 56.9 Å². The first-order chi connectivity index (χ1) is 12.3. The van der Waals surface area contributed by atoms with Crippen molar-refractivity contribution in [2.24, 2.45) is 0 Å². The van der Waals surface area contributed by atoms with Crippen LogP contribution in [0.25, 0.3) is 0 Å². The summed E-state index contributed by atoms with van der Waals surface area (Å²) in [5.41, 5.74) is 4.28. The first-order valence-corrected chi connectivity index (χ1v) is 10.2. The molecule has 1 saturated carbocycles. The van der Waals surface area contributed by atoms with Crippen molar-refractivity contribution in [3.8, 4) is 0 Å². The molecule has 0 bridgehead atoms. The molecule has 0 N–H and O–H groups in total. The van der Waals surface area contributed by atoms with Crippen molar-refractivity contribution in [3.05, 3.63) is 71.3 Å². The van der Waals surface area contributed by atoms with Gasteiger partial charge in [-0.15, -0.1) is 11.6 Å². The van der Waals surface area contributed by atoms with Crippen molar-refractivity contribution < 1.29 is 0 Å². The van der Waals surface area contributed by atoms with Gasteiger partial charge in [-0.05, 0) is 55.5 Å². The molecule has 1 aliphatic carbocycles. The Morgan fingerprint density at radius 2 is 1.72 bits per heavy atom. The first kappa shape index (κ1) is 18.5. The number of aryl methyl sites for hydroxylation is 1. The predicted octanol–water partition coefficient (Wildman–Crippen LogP) is 6.02. The van der Waals surface area contributed by atoms with E-state index in [0.717, 1.165) is 26.1 Å². The average molecular weight is 356 g/mol. The largest absolute Gasteiger partial charge is 0.299 e. The Bertz CT molecular complexity index is 622. The number of benzene rings is 2. The number of halogens is 1. The zero-order valence-corrected chi connectivity index (χ0v) is 16.1. The maximum Gasteiger partial charge on any atom is 0.0404 e. The quantitative estimate of drug-likeness (QED) is 0.523. The van der Waals surface area contributed by atoms with E-state index >= 15 is 0 Å². The van der Waals surface area contributed by atoms with Gasteiger partial charge in [0, 0.05) is 17.8 Å². The Hall–Kier alpha value is -1.31. The molecule has 2 unspecified atom stereocenters. The van der Waals surface area contributed by atoms with E-state index in [1.807, 2.05) is 0 Å². The Morgan fingerprint density at radius 3 is 2.36 bits per heavy atom. The molecule has 0 radical (unpaired) electrons. The summed E-state index contributed by atoms with van der Waals surface area (Å²) in [6, 6.07) is 20.0. The molecule has 25 heavy (non-hydrogen) atoms. The highest BCUT2D eigenvalue weighted by molar-refractivity contribution is 6.21. The first-order valence-electron chi connectivity index (χ1n) is 9.75. The molecule has 1 nitrogen and oxygen atoms in total. The monoisotopic (exact) mass is 355 g/mol. The van der Waals surface area contributed by atoms with Crippen LogP contribution in [0.2, 0.25) is 0 Å². The van der Waals surface area contributed by atoms with Crippen LogP contribution < -0.4 is 0 Å². The van der Waals surface area contributed by atoms with Crippen molar-refractivity contribution in [1.82, 2.24) is 4.90 Å². The lowest BCUT2D eigenvalue weighted by Gasteiger charge is -2.20. The standard InChI is InChI=1S/C23H30ClN/c1-2-25(18-20-8-4-3-5-9-20)17-7-10-19-13-15-21(16-14-19)22-11-6-12-23(22)24/h3-5,8-9,13-16,22-23H,2,6-7,10-12,17-18H2,1H3. The van der Waals surface area contributed by atoms with Crippen molar-refractivity contribution in [2.75, 3.05) is 13.1 Å². The molecule has 0 aliphatic heterocycles. The smallest absolute Gasteiger partial charge is 0.0404 e. The van der Waals surface area contributed by atoms with Gasteiger partial charge in [-0.25, -0.2) is 0 Å². The topological polar surface area (TPSA) is 3.24 Å². The van der Waals surface area contributed by atoms with Gasteiger partial charge in [0.15, 0.2) is 0 Å². The Balaban J connectivity index is 1.46. The van der Waals surface area contributed by atoms with Gasteiger partial charge < -0.3 is 0 Å². The van der Waals surface area contributed by atoms with Crippen LogP contribution in [0.4, 0.5) is 0 Å². The summed E-state index contributed by atoms with van der Waals surface area (Å²) in [6.45, 7) is 5.56. The minimum absolute atomic E-state index is 0.335. The second kappa shape index (κ2) is 9.40. The third kappa shape index (κ3) is 5.33. The van der Waals surface area contributed by atoms with Crippen molar-refractivity contribution in [3.63, 3.8) is 0 Å². The molecule has 1 fully saturated rings. The van der Waals surface area contributed by atoms with Crippen LogP contribution in [-0.2, 0) is 13.0 Å². The molecule has 2 heteroatoms. The van der Waals surface area contributed by atoms with Crippen molar-refractivity contribution in [1.29, 1.82) is 0 Å². The molecule has 0 saturated heterocycles. The Labute approximate surface area is 158 Å². The van der Waals surface area contributed by atoms with Gasteiger partial charge in [-0.1, -0.05) is 67.9 Å². The highest BCUT2D eigenvalue weighted by Crippen LogP contribution is 2.38. The van der Waals surface area contributed by atoms with Crippen molar-refractivity contribution >= 4 is 11.6 Å². The van der Waals surface area contributed by atoms with E-state index in [-0.39, 0.29) is 0 Å². The third-order valence-corrected chi connectivity index (χ3v) is 6.00. The van der Waals surface area contributed by atoms with Crippen LogP contribution in [0.15, 0.2) is 54.6 Å². The second-order valence-corrected chi connectivity index (χ2v) is 7.81. The van der Waals surface area contributed by atoms with E-state index in [9.17, 15) is 0 Å². The minimum Gasteiger partial charge on any atom is -0.299 e. The molecule has 2 aromatic rings. The Morgan fingerprint density at radius 1 is 0.960 bits per heavy atom. The fourth-order valence-electron chi connectivity index (χ4n) is 3.92. The summed E-state index contributed by atoms with van der Waals surface area (Å²) in [7, 11) is 0. The fourth-order valence-corrected chi connectivity index (χ4v) is 4.34. The number of hydrogen-bond acceptors (Lipinski definition) is 1. The molecule has 2 atom stereocenters. The van der Waals surface area contributed by atoms with Gasteiger partial charge in [0.05, 0.1) is 0 Å². The van der Waals surface area contributed by atoms with E-state index < -0.39 is 0 Å². The molecule has 3 rings (SSSR count). The lowest BCUT2D eigenvalue weighted by atomic mass is 9.95. The second-order valence-electron chi connectivity index (χ2n) is 7.25. The normalized spacial score (nSPS) is 20.3. The predicted molar refractivity (Wildman–Crippen MR) is 108 cm³/mol. The van der Waals surface area contributed by atoms with E-state index in [1.165, 1.54) is 42.4 Å². The number of alkyl halides is 1. The van der Waals surface area contributed by atoms with E-state index in [2.05, 4.69) is 66.4 Å². The van der Waals surface area contributed by atoms with Crippen LogP contribution in [-0.4, -0.2) is 23.4 Å². The summed E-state index contributed by atoms with van der Waals surface area (Å²) in [6.07, 6.45) is 6.05. The summed E-state index contributed by atoms with van der Waals surface area (Å²) in [5.74, 6) is 0.567. The van der Waals surface area contributed by atoms with E-state index in [1.54, 1.807) is 0 Å². The Kier molecular flexibility index (Phi) is 6.95. The van der Waals surface area contributed by atoms with Gasteiger partial charge in [-0.3, -0.25) is 4.90 Å². The minimum atomic E-state index is 0.335. The maximum atomic E-state index is 6.45. The fraction of sp³-hybridized carbons (Fsp3) is 0.478. The van der Waals surface area contributed by atoms with Gasteiger partial charge in [-0.2, -0.15) is 0 Å². The van der Waals surface area contributed by atoms with Gasteiger partial charge in [0.1, 0.15) is 0 Å². The molecule has 0 heterocycles. The summed E-state index contributed by atoms with van der Waals surface area (Å²) in [5, 5.41) is 0.335. The van der Waals surface area contributed by atoms with Crippen LogP contribution in [0.5, 0.6) is 0 Å². The molecule has 134 valence electrons. The SMILES string of the molecule is CCN(CCCc1ccc(C2CCCC2Cl)cc1)Cc1ccccc1. The molecule has 0 amide bonds. The highest BCUT2D eigenvalue weighted by atomic mass is 35.5. The molecule has 1 aliphatic rings. The van der Waals surface area contributed by atoms with Gasteiger partial charge >= 0.3 is 0 Å². The molecular formula is C23H30ClN. The van der Waals surface area contributed by atoms with Crippen LogP contribution in [0.3, 0.4) is 0 Å². The zero-order chi connectivity index (χ0) is 17.5. The van der Waals surface area contributed by atoms with Crippen LogP contribution in [0, 0.1) is 0 Å². The summed E-state index contributed by atoms with van der Waals surface area (Å²) < 4.78 is 0. The number of hydrogen-bond donors (Lipinski definition) is 0. The third-order valence-electron chi connectivity index (χ3n) is 5.48. The lowest BCUT2D eigenvalue weighted by molar-refractivity contribution is 0.276. The lowest BCUT2D eigenvalue weighted by Crippen LogP contribution is -2.24. The average Bonchev–Trinajstić information content (AvgIpc) is 3.08. The molecule has 0 aromatic heterocycles. The highest BCUT2D eigenvalue weighted by Gasteiger charge is 2.26. The van der Waals surface area contributed by atoms with E-state index in [4.69, 9.17) is 11.6 Å². The summed E-state index contributed by atoms with van der Waals surface area (Å²) in [4.78, 5) is 2.53. The zero-order valence-electron chi connectivity index (χ0n) is 15.3. The van der Waals surface area contributed by atoms with E-state index in [0.29, 0.717) is 11.3 Å². The van der Waals surface area contributed by atoms with Crippen LogP contribution in [0.1, 0.15) is 55.2 Å². The van der Waals surface area contributed by atoms with Crippen LogP contribution >= 0.6 is 11.6 Å². The molecule has 0 spiro atoms. The maximum absolute atomic E-state index is 6.45. The number of nitrogens with zero attached hydrogens (tertiary/aromatic N) is 1. The summed E-state index contributed by atoms with van der Waals surface area (Å²) >= 11 is 6.45.